The Morgan fingerprint density at radius 1 is 1.15 bits per heavy atom. The predicted molar refractivity (Wildman–Crippen MR) is 106 cm³/mol. The molecule has 0 aliphatic carbocycles. The van der Waals surface area contributed by atoms with Gasteiger partial charge in [-0.3, -0.25) is 14.6 Å². The summed E-state index contributed by atoms with van der Waals surface area (Å²) >= 11 is 0. The third-order valence-corrected chi connectivity index (χ3v) is 5.47. The molecule has 1 heterocycles. The molecule has 1 N–H and O–H groups in total. The van der Waals surface area contributed by atoms with E-state index in [-0.39, 0.29) is 17.8 Å². The lowest BCUT2D eigenvalue weighted by Gasteiger charge is -2.35. The van der Waals surface area contributed by atoms with Crippen molar-refractivity contribution in [3.8, 4) is 0 Å². The third-order valence-electron chi connectivity index (χ3n) is 5.47. The SMILES string of the molecule is CCC(C)C(NC(=O)CN1CCN(Cc2ccccc2C)CC1)C(=O)OC. The molecule has 150 valence electrons. The summed E-state index contributed by atoms with van der Waals surface area (Å²) in [6.45, 7) is 10.9. The van der Waals surface area contributed by atoms with Gasteiger partial charge in [0.2, 0.25) is 5.91 Å². The fraction of sp³-hybridized carbons (Fsp3) is 0.619. The molecule has 1 aliphatic rings. The number of hydrogen-bond acceptors (Lipinski definition) is 5. The number of benzene rings is 1. The van der Waals surface area contributed by atoms with Crippen LogP contribution in [0.4, 0.5) is 0 Å². The van der Waals surface area contributed by atoms with Crippen molar-refractivity contribution >= 4 is 11.9 Å². The average Bonchev–Trinajstić information content (AvgIpc) is 2.68. The van der Waals surface area contributed by atoms with Gasteiger partial charge >= 0.3 is 5.97 Å². The number of ether oxygens (including phenoxy) is 1. The third kappa shape index (κ3) is 6.33. The number of nitrogens with zero attached hydrogens (tertiary/aromatic N) is 2. The number of piperazine rings is 1. The summed E-state index contributed by atoms with van der Waals surface area (Å²) in [6.07, 6.45) is 0.803. The van der Waals surface area contributed by atoms with Gasteiger partial charge in [0, 0.05) is 32.7 Å². The van der Waals surface area contributed by atoms with Gasteiger partial charge in [0.1, 0.15) is 6.04 Å². The van der Waals surface area contributed by atoms with Crippen molar-refractivity contribution < 1.29 is 14.3 Å². The van der Waals surface area contributed by atoms with Crippen LogP contribution in [0.5, 0.6) is 0 Å². The summed E-state index contributed by atoms with van der Waals surface area (Å²) < 4.78 is 4.83. The van der Waals surface area contributed by atoms with Crippen molar-refractivity contribution in [2.75, 3.05) is 39.8 Å². The molecular weight excluding hydrogens is 342 g/mol. The summed E-state index contributed by atoms with van der Waals surface area (Å²) in [4.78, 5) is 28.9. The number of rotatable bonds is 8. The second-order valence-electron chi connectivity index (χ2n) is 7.43. The maximum Gasteiger partial charge on any atom is 0.328 e. The van der Waals surface area contributed by atoms with E-state index in [2.05, 4.69) is 46.3 Å². The maximum atomic E-state index is 12.4. The summed E-state index contributed by atoms with van der Waals surface area (Å²) in [7, 11) is 1.36. The van der Waals surface area contributed by atoms with E-state index in [1.807, 2.05) is 13.8 Å². The lowest BCUT2D eigenvalue weighted by atomic mass is 9.99. The first kappa shape index (κ1) is 21.4. The highest BCUT2D eigenvalue weighted by molar-refractivity contribution is 5.85. The molecule has 0 saturated carbocycles. The van der Waals surface area contributed by atoms with Gasteiger partial charge in [-0.25, -0.2) is 4.79 Å². The van der Waals surface area contributed by atoms with Gasteiger partial charge in [-0.05, 0) is 24.0 Å². The average molecular weight is 376 g/mol. The number of aryl methyl sites for hydroxylation is 1. The second kappa shape index (κ2) is 10.4. The molecule has 1 aliphatic heterocycles. The lowest BCUT2D eigenvalue weighted by molar-refractivity contribution is -0.146. The normalized spacial score (nSPS) is 17.9. The first-order valence-electron chi connectivity index (χ1n) is 9.81. The number of esters is 1. The van der Waals surface area contributed by atoms with Gasteiger partial charge in [0.25, 0.3) is 0 Å². The number of methoxy groups -OCH3 is 1. The number of amides is 1. The van der Waals surface area contributed by atoms with Gasteiger partial charge < -0.3 is 10.1 Å². The molecule has 0 radical (unpaired) electrons. The molecule has 2 atom stereocenters. The molecular formula is C21H33N3O3. The molecule has 27 heavy (non-hydrogen) atoms. The van der Waals surface area contributed by atoms with Crippen LogP contribution in [0.25, 0.3) is 0 Å². The highest BCUT2D eigenvalue weighted by Crippen LogP contribution is 2.13. The lowest BCUT2D eigenvalue weighted by Crippen LogP contribution is -2.52. The predicted octanol–water partition coefficient (Wildman–Crippen LogP) is 1.82. The van der Waals surface area contributed by atoms with Crippen LogP contribution in [0, 0.1) is 12.8 Å². The van der Waals surface area contributed by atoms with E-state index in [0.29, 0.717) is 6.54 Å². The molecule has 1 aromatic rings. The van der Waals surface area contributed by atoms with Crippen LogP contribution in [-0.2, 0) is 20.9 Å². The zero-order valence-electron chi connectivity index (χ0n) is 17.0. The van der Waals surface area contributed by atoms with Crippen LogP contribution in [0.15, 0.2) is 24.3 Å². The van der Waals surface area contributed by atoms with Gasteiger partial charge in [-0.1, -0.05) is 44.5 Å². The quantitative estimate of drug-likeness (QED) is 0.702. The van der Waals surface area contributed by atoms with Crippen LogP contribution >= 0.6 is 0 Å². The van der Waals surface area contributed by atoms with Crippen LogP contribution < -0.4 is 5.32 Å². The Morgan fingerprint density at radius 2 is 1.78 bits per heavy atom. The zero-order valence-corrected chi connectivity index (χ0v) is 17.0. The summed E-state index contributed by atoms with van der Waals surface area (Å²) in [6, 6.07) is 7.89. The molecule has 6 nitrogen and oxygen atoms in total. The van der Waals surface area contributed by atoms with E-state index in [0.717, 1.165) is 39.1 Å². The molecule has 2 unspecified atom stereocenters. The molecule has 0 bridgehead atoms. The zero-order chi connectivity index (χ0) is 19.8. The van der Waals surface area contributed by atoms with Crippen molar-refractivity contribution in [2.45, 2.75) is 39.8 Å². The van der Waals surface area contributed by atoms with E-state index >= 15 is 0 Å². The monoisotopic (exact) mass is 375 g/mol. The van der Waals surface area contributed by atoms with Gasteiger partial charge in [0.15, 0.2) is 0 Å². The molecule has 2 rings (SSSR count). The molecule has 0 aromatic heterocycles. The van der Waals surface area contributed by atoms with Crippen molar-refractivity contribution in [3.05, 3.63) is 35.4 Å². The number of nitrogens with one attached hydrogen (secondary N) is 1. The fourth-order valence-electron chi connectivity index (χ4n) is 3.35. The van der Waals surface area contributed by atoms with Crippen LogP contribution in [0.3, 0.4) is 0 Å². The smallest absolute Gasteiger partial charge is 0.328 e. The van der Waals surface area contributed by atoms with E-state index in [4.69, 9.17) is 4.74 Å². The van der Waals surface area contributed by atoms with Crippen LogP contribution in [0.2, 0.25) is 0 Å². The van der Waals surface area contributed by atoms with Crippen LogP contribution in [0.1, 0.15) is 31.4 Å². The first-order valence-corrected chi connectivity index (χ1v) is 9.81. The van der Waals surface area contributed by atoms with E-state index in [1.54, 1.807) is 0 Å². The molecule has 0 spiro atoms. The Balaban J connectivity index is 1.79. The Morgan fingerprint density at radius 3 is 2.37 bits per heavy atom. The first-order chi connectivity index (χ1) is 12.9. The van der Waals surface area contributed by atoms with Gasteiger partial charge in [0.05, 0.1) is 13.7 Å². The van der Waals surface area contributed by atoms with Gasteiger partial charge in [-0.15, -0.1) is 0 Å². The minimum Gasteiger partial charge on any atom is -0.467 e. The van der Waals surface area contributed by atoms with E-state index in [9.17, 15) is 9.59 Å². The Labute approximate surface area is 162 Å². The Bertz CT molecular complexity index is 627. The van der Waals surface area contributed by atoms with Crippen molar-refractivity contribution in [1.29, 1.82) is 0 Å². The molecule has 6 heteroatoms. The Hall–Kier alpha value is -1.92. The number of hydrogen-bond donors (Lipinski definition) is 1. The standard InChI is InChI=1S/C21H33N3O3/c1-5-16(2)20(21(26)27-4)22-19(25)15-24-12-10-23(11-13-24)14-18-9-7-6-8-17(18)3/h6-9,16,20H,5,10-15H2,1-4H3,(H,22,25). The van der Waals surface area contributed by atoms with E-state index in [1.165, 1.54) is 18.2 Å². The Kier molecular flexibility index (Phi) is 8.25. The molecule has 1 amide bonds. The molecule has 1 aromatic carbocycles. The minimum atomic E-state index is -0.574. The number of carbonyl (C=O) groups is 2. The molecule has 1 saturated heterocycles. The largest absolute Gasteiger partial charge is 0.467 e. The number of carbonyl (C=O) groups excluding carboxylic acids is 2. The highest BCUT2D eigenvalue weighted by Gasteiger charge is 2.27. The second-order valence-corrected chi connectivity index (χ2v) is 7.43. The maximum absolute atomic E-state index is 12.4. The summed E-state index contributed by atoms with van der Waals surface area (Å²) in [5.41, 5.74) is 2.68. The fourth-order valence-corrected chi connectivity index (χ4v) is 3.35. The van der Waals surface area contributed by atoms with Crippen LogP contribution in [-0.4, -0.2) is 67.6 Å². The topological polar surface area (TPSA) is 61.9 Å². The van der Waals surface area contributed by atoms with E-state index < -0.39 is 6.04 Å². The van der Waals surface area contributed by atoms with Crippen molar-refractivity contribution in [1.82, 2.24) is 15.1 Å². The van der Waals surface area contributed by atoms with Gasteiger partial charge in [-0.2, -0.15) is 0 Å². The van der Waals surface area contributed by atoms with Crippen molar-refractivity contribution in [2.24, 2.45) is 5.92 Å². The minimum absolute atomic E-state index is 0.0485. The molecule has 1 fully saturated rings. The highest BCUT2D eigenvalue weighted by atomic mass is 16.5. The summed E-state index contributed by atoms with van der Waals surface area (Å²) in [5, 5.41) is 2.86. The summed E-state index contributed by atoms with van der Waals surface area (Å²) in [5.74, 6) is -0.439. The van der Waals surface area contributed by atoms with Crippen molar-refractivity contribution in [3.63, 3.8) is 0 Å².